The van der Waals surface area contributed by atoms with Gasteiger partial charge < -0.3 is 14.5 Å². The highest BCUT2D eigenvalue weighted by atomic mass is 16.6. The Morgan fingerprint density at radius 3 is 2.96 bits per heavy atom. The van der Waals surface area contributed by atoms with Crippen molar-refractivity contribution in [2.24, 2.45) is 0 Å². The number of aromatic nitrogens is 4. The summed E-state index contributed by atoms with van der Waals surface area (Å²) in [4.78, 5) is 25.1. The van der Waals surface area contributed by atoms with Crippen molar-refractivity contribution in [3.63, 3.8) is 0 Å². The van der Waals surface area contributed by atoms with Crippen molar-refractivity contribution in [3.8, 4) is 0 Å². The van der Waals surface area contributed by atoms with Crippen LogP contribution < -0.4 is 0 Å². The summed E-state index contributed by atoms with van der Waals surface area (Å²) in [6.07, 6.45) is 4.26. The van der Waals surface area contributed by atoms with Gasteiger partial charge in [0.05, 0.1) is 30.7 Å². The molecule has 1 saturated heterocycles. The number of morpholine rings is 1. The first kappa shape index (κ1) is 18.4. The maximum atomic E-state index is 12.4. The molecule has 1 unspecified atom stereocenters. The Kier molecular flexibility index (Phi) is 5.89. The second kappa shape index (κ2) is 8.33. The summed E-state index contributed by atoms with van der Waals surface area (Å²) >= 11 is 0. The maximum absolute atomic E-state index is 12.4. The minimum Gasteiger partial charge on any atom is -0.369 e. The van der Waals surface area contributed by atoms with Crippen molar-refractivity contribution in [2.45, 2.75) is 32.4 Å². The molecule has 26 heavy (non-hydrogen) atoms. The Morgan fingerprint density at radius 2 is 2.23 bits per heavy atom. The van der Waals surface area contributed by atoms with E-state index < -0.39 is 0 Å². The Hall–Kier alpha value is -2.39. The van der Waals surface area contributed by atoms with E-state index in [1.807, 2.05) is 0 Å². The smallest absolute Gasteiger partial charge is 0.223 e. The number of likely N-dealkylation sites (N-methyl/N-ethyl adjacent to an activating group) is 1. The summed E-state index contributed by atoms with van der Waals surface area (Å²) in [5.41, 5.74) is 2.97. The number of carbonyl (C=O) groups excluding carboxylic acids is 1. The molecule has 3 heterocycles. The van der Waals surface area contributed by atoms with Crippen molar-refractivity contribution in [3.05, 3.63) is 35.2 Å². The second-order valence-electron chi connectivity index (χ2n) is 6.60. The Bertz CT molecular complexity index is 750. The van der Waals surface area contributed by atoms with Gasteiger partial charge in [-0.25, -0.2) is 4.63 Å². The van der Waals surface area contributed by atoms with E-state index >= 15 is 0 Å². The van der Waals surface area contributed by atoms with E-state index in [-0.39, 0.29) is 12.0 Å². The fourth-order valence-corrected chi connectivity index (χ4v) is 2.79. The van der Waals surface area contributed by atoms with Crippen LogP contribution in [0, 0.1) is 6.92 Å². The van der Waals surface area contributed by atoms with E-state index in [1.54, 1.807) is 31.3 Å². The van der Waals surface area contributed by atoms with Crippen molar-refractivity contribution >= 4 is 5.91 Å². The zero-order valence-electron chi connectivity index (χ0n) is 15.4. The van der Waals surface area contributed by atoms with Gasteiger partial charge in [-0.2, -0.15) is 0 Å². The Balaban J connectivity index is 1.55. The maximum Gasteiger partial charge on any atom is 0.223 e. The molecule has 9 nitrogen and oxygen atoms in total. The number of aryl methyl sites for hydroxylation is 2. The van der Waals surface area contributed by atoms with Crippen LogP contribution in [0.15, 0.2) is 17.0 Å². The predicted octanol–water partition coefficient (Wildman–Crippen LogP) is 0.762. The molecule has 140 valence electrons. The van der Waals surface area contributed by atoms with Crippen LogP contribution in [-0.4, -0.2) is 69.8 Å². The van der Waals surface area contributed by atoms with Gasteiger partial charge in [0, 0.05) is 32.8 Å². The monoisotopic (exact) mass is 360 g/mol. The molecule has 0 bridgehead atoms. The Morgan fingerprint density at radius 1 is 1.38 bits per heavy atom. The third-order valence-corrected chi connectivity index (χ3v) is 4.46. The first-order chi connectivity index (χ1) is 12.5. The van der Waals surface area contributed by atoms with Gasteiger partial charge in [-0.3, -0.25) is 14.8 Å². The lowest BCUT2D eigenvalue weighted by molar-refractivity contribution is -0.130. The zero-order chi connectivity index (χ0) is 18.5. The minimum atomic E-state index is -0.0674. The minimum absolute atomic E-state index is 0.00764. The van der Waals surface area contributed by atoms with E-state index in [2.05, 4.69) is 36.9 Å². The zero-order valence-corrected chi connectivity index (χ0v) is 15.4. The Labute approximate surface area is 152 Å². The lowest BCUT2D eigenvalue weighted by Crippen LogP contribution is -2.35. The van der Waals surface area contributed by atoms with Crippen LogP contribution in [-0.2, 0) is 22.5 Å². The molecular weight excluding hydrogens is 336 g/mol. The standard InChI is InChI=1S/C17H24N6O3/c1-12-15(21-26-20-12)10-23(3)17(24)5-4-13-8-18-9-14(19-13)16-11-22(2)6-7-25-16/h8-9,16H,4-7,10-11H2,1-3H3. The second-order valence-corrected chi connectivity index (χ2v) is 6.60. The fourth-order valence-electron chi connectivity index (χ4n) is 2.79. The van der Waals surface area contributed by atoms with Gasteiger partial charge in [-0.05, 0) is 20.4 Å². The number of ether oxygens (including phenoxy) is 1. The largest absolute Gasteiger partial charge is 0.369 e. The van der Waals surface area contributed by atoms with Gasteiger partial charge >= 0.3 is 0 Å². The first-order valence-electron chi connectivity index (χ1n) is 8.66. The molecule has 0 radical (unpaired) electrons. The van der Waals surface area contributed by atoms with Gasteiger partial charge in [-0.1, -0.05) is 10.3 Å². The van der Waals surface area contributed by atoms with Gasteiger partial charge in [0.15, 0.2) is 0 Å². The molecule has 0 aliphatic carbocycles. The highest BCUT2D eigenvalue weighted by Gasteiger charge is 2.21. The van der Waals surface area contributed by atoms with E-state index in [1.165, 1.54) is 0 Å². The molecule has 2 aromatic rings. The summed E-state index contributed by atoms with van der Waals surface area (Å²) in [5, 5.41) is 7.53. The molecule has 2 aromatic heterocycles. The average Bonchev–Trinajstić information content (AvgIpc) is 3.04. The van der Waals surface area contributed by atoms with Crippen LogP contribution in [0.1, 0.15) is 35.3 Å². The molecule has 3 rings (SSSR count). The topological polar surface area (TPSA) is 97.5 Å². The van der Waals surface area contributed by atoms with E-state index in [0.29, 0.717) is 37.4 Å². The fraction of sp³-hybridized carbons (Fsp3) is 0.588. The molecule has 1 fully saturated rings. The van der Waals surface area contributed by atoms with Crippen molar-refractivity contribution in [1.82, 2.24) is 30.1 Å². The highest BCUT2D eigenvalue weighted by molar-refractivity contribution is 5.76. The summed E-state index contributed by atoms with van der Waals surface area (Å²) in [6.45, 7) is 4.58. The van der Waals surface area contributed by atoms with E-state index in [4.69, 9.17) is 4.74 Å². The average molecular weight is 360 g/mol. The number of carbonyl (C=O) groups is 1. The van der Waals surface area contributed by atoms with Crippen molar-refractivity contribution in [1.29, 1.82) is 0 Å². The lowest BCUT2D eigenvalue weighted by Gasteiger charge is -2.29. The van der Waals surface area contributed by atoms with Gasteiger partial charge in [0.1, 0.15) is 17.5 Å². The van der Waals surface area contributed by atoms with Gasteiger partial charge in [0.25, 0.3) is 0 Å². The normalized spacial score (nSPS) is 18.0. The molecule has 9 heteroatoms. The summed E-state index contributed by atoms with van der Waals surface area (Å²) in [5.74, 6) is 0.00764. The van der Waals surface area contributed by atoms with Crippen LogP contribution in [0.3, 0.4) is 0 Å². The predicted molar refractivity (Wildman–Crippen MR) is 92.1 cm³/mol. The number of rotatable bonds is 6. The number of hydrogen-bond donors (Lipinski definition) is 0. The SMILES string of the molecule is Cc1nonc1CN(C)C(=O)CCc1cncc(C2CN(C)CCO2)n1. The third kappa shape index (κ3) is 4.61. The molecule has 0 saturated carbocycles. The van der Waals surface area contributed by atoms with Gasteiger partial charge in [0.2, 0.25) is 5.91 Å². The molecule has 0 spiro atoms. The van der Waals surface area contributed by atoms with E-state index in [9.17, 15) is 4.79 Å². The molecule has 1 aliphatic rings. The molecule has 1 amide bonds. The van der Waals surface area contributed by atoms with Gasteiger partial charge in [-0.15, -0.1) is 0 Å². The first-order valence-corrected chi connectivity index (χ1v) is 8.66. The summed E-state index contributed by atoms with van der Waals surface area (Å²) in [7, 11) is 3.80. The number of amides is 1. The third-order valence-electron chi connectivity index (χ3n) is 4.46. The number of hydrogen-bond acceptors (Lipinski definition) is 8. The summed E-state index contributed by atoms with van der Waals surface area (Å²) < 4.78 is 10.4. The van der Waals surface area contributed by atoms with Crippen LogP contribution in [0.2, 0.25) is 0 Å². The van der Waals surface area contributed by atoms with Crippen LogP contribution in [0.25, 0.3) is 0 Å². The highest BCUT2D eigenvalue weighted by Crippen LogP contribution is 2.19. The van der Waals surface area contributed by atoms with Crippen LogP contribution in [0.5, 0.6) is 0 Å². The molecule has 0 aromatic carbocycles. The van der Waals surface area contributed by atoms with Crippen LogP contribution >= 0.6 is 0 Å². The number of nitrogens with zero attached hydrogens (tertiary/aromatic N) is 6. The molecular formula is C17H24N6O3. The molecule has 0 N–H and O–H groups in total. The molecule has 1 atom stereocenters. The van der Waals surface area contributed by atoms with Crippen molar-refractivity contribution < 1.29 is 14.2 Å². The quantitative estimate of drug-likeness (QED) is 0.745. The van der Waals surface area contributed by atoms with Crippen molar-refractivity contribution in [2.75, 3.05) is 33.8 Å². The lowest BCUT2D eigenvalue weighted by atomic mass is 10.2. The molecule has 1 aliphatic heterocycles. The summed E-state index contributed by atoms with van der Waals surface area (Å²) in [6, 6.07) is 0. The van der Waals surface area contributed by atoms with E-state index in [0.717, 1.165) is 24.5 Å². The van der Waals surface area contributed by atoms with Crippen LogP contribution in [0.4, 0.5) is 0 Å².